The molecule has 1 unspecified atom stereocenters. The summed E-state index contributed by atoms with van der Waals surface area (Å²) in [7, 11) is 1.71. The van der Waals surface area contributed by atoms with Crippen LogP contribution in [0.15, 0.2) is 18.5 Å². The molecule has 8 nitrogen and oxygen atoms in total. The second-order valence-electron chi connectivity index (χ2n) is 4.34. The lowest BCUT2D eigenvalue weighted by Crippen LogP contribution is -2.25. The zero-order valence-corrected chi connectivity index (χ0v) is 10.6. The molecule has 2 aromatic rings. The number of anilines is 2. The van der Waals surface area contributed by atoms with Crippen molar-refractivity contribution in [1.29, 1.82) is 0 Å². The lowest BCUT2D eigenvalue weighted by atomic mass is 10.3. The summed E-state index contributed by atoms with van der Waals surface area (Å²) in [5, 5.41) is 4.09. The van der Waals surface area contributed by atoms with Gasteiger partial charge in [-0.25, -0.2) is 4.68 Å². The van der Waals surface area contributed by atoms with Gasteiger partial charge in [-0.2, -0.15) is 20.1 Å². The molecule has 0 amide bonds. The number of nitrogens with zero attached hydrogens (tertiary/aromatic N) is 6. The highest BCUT2D eigenvalue weighted by Gasteiger charge is 2.25. The summed E-state index contributed by atoms with van der Waals surface area (Å²) in [5.41, 5.74) is 5.74. The van der Waals surface area contributed by atoms with Crippen molar-refractivity contribution in [1.82, 2.24) is 24.7 Å². The van der Waals surface area contributed by atoms with Crippen LogP contribution in [0.2, 0.25) is 0 Å². The number of hydrogen-bond donors (Lipinski definition) is 1. The summed E-state index contributed by atoms with van der Waals surface area (Å²) in [5.74, 6) is 1.18. The predicted molar refractivity (Wildman–Crippen MR) is 69.0 cm³/mol. The lowest BCUT2D eigenvalue weighted by molar-refractivity contribution is 0.121. The minimum absolute atomic E-state index is 0.191. The first-order valence-corrected chi connectivity index (χ1v) is 6.05. The Morgan fingerprint density at radius 2 is 2.16 bits per heavy atom. The van der Waals surface area contributed by atoms with Crippen LogP contribution in [0.5, 0.6) is 0 Å². The molecule has 3 rings (SSSR count). The van der Waals surface area contributed by atoms with Crippen molar-refractivity contribution in [3.8, 4) is 5.95 Å². The summed E-state index contributed by atoms with van der Waals surface area (Å²) in [4.78, 5) is 14.7. The molecule has 0 spiro atoms. The Morgan fingerprint density at radius 1 is 1.32 bits per heavy atom. The van der Waals surface area contributed by atoms with Gasteiger partial charge in [0.2, 0.25) is 11.9 Å². The Balaban J connectivity index is 1.90. The number of hydrogen-bond acceptors (Lipinski definition) is 7. The average Bonchev–Trinajstić information content (AvgIpc) is 3.09. The van der Waals surface area contributed by atoms with Gasteiger partial charge in [0.15, 0.2) is 0 Å². The van der Waals surface area contributed by atoms with Crippen LogP contribution in [0, 0.1) is 0 Å². The third-order valence-corrected chi connectivity index (χ3v) is 3.10. The molecule has 0 aliphatic carbocycles. The van der Waals surface area contributed by atoms with Crippen LogP contribution >= 0.6 is 0 Å². The Bertz CT molecular complexity index is 556. The highest BCUT2D eigenvalue weighted by molar-refractivity contribution is 5.38. The molecule has 2 aromatic heterocycles. The molecule has 0 aromatic carbocycles. The minimum Gasteiger partial charge on any atom is -0.380 e. The first-order chi connectivity index (χ1) is 9.26. The summed E-state index contributed by atoms with van der Waals surface area (Å²) in [6.45, 7) is 1.61. The van der Waals surface area contributed by atoms with Crippen molar-refractivity contribution in [2.45, 2.75) is 12.5 Å². The fraction of sp³-hybridized carbons (Fsp3) is 0.455. The first kappa shape index (κ1) is 11.8. The van der Waals surface area contributed by atoms with E-state index in [1.54, 1.807) is 30.3 Å². The number of nitrogen functional groups attached to an aromatic ring is 1. The maximum atomic E-state index is 5.74. The molecular formula is C11H15N7O. The smallest absolute Gasteiger partial charge is 0.257 e. The van der Waals surface area contributed by atoms with Crippen molar-refractivity contribution in [3.05, 3.63) is 18.5 Å². The fourth-order valence-corrected chi connectivity index (χ4v) is 2.10. The predicted octanol–water partition coefficient (Wildman–Crippen LogP) is -0.135. The first-order valence-electron chi connectivity index (χ1n) is 6.05. The monoisotopic (exact) mass is 261 g/mol. The topological polar surface area (TPSA) is 95.0 Å². The van der Waals surface area contributed by atoms with Gasteiger partial charge in [-0.1, -0.05) is 0 Å². The second kappa shape index (κ2) is 4.81. The molecular weight excluding hydrogens is 246 g/mol. The van der Waals surface area contributed by atoms with Gasteiger partial charge in [-0.3, -0.25) is 0 Å². The maximum Gasteiger partial charge on any atom is 0.257 e. The van der Waals surface area contributed by atoms with Crippen LogP contribution < -0.4 is 10.6 Å². The summed E-state index contributed by atoms with van der Waals surface area (Å²) >= 11 is 0. The molecule has 0 bridgehead atoms. The summed E-state index contributed by atoms with van der Waals surface area (Å²) in [6.07, 6.45) is 4.60. The van der Waals surface area contributed by atoms with Crippen LogP contribution in [0.4, 0.5) is 11.9 Å². The number of nitrogens with two attached hydrogens (primary N) is 1. The molecule has 100 valence electrons. The molecule has 2 N–H and O–H groups in total. The molecule has 19 heavy (non-hydrogen) atoms. The van der Waals surface area contributed by atoms with Crippen LogP contribution in [0.25, 0.3) is 5.95 Å². The highest BCUT2D eigenvalue weighted by atomic mass is 16.5. The molecule has 8 heteroatoms. The van der Waals surface area contributed by atoms with Gasteiger partial charge in [0, 0.05) is 32.6 Å². The van der Waals surface area contributed by atoms with E-state index in [0.29, 0.717) is 11.9 Å². The van der Waals surface area contributed by atoms with Crippen LogP contribution in [0.3, 0.4) is 0 Å². The quantitative estimate of drug-likeness (QED) is 0.821. The van der Waals surface area contributed by atoms with E-state index in [4.69, 9.17) is 10.5 Å². The van der Waals surface area contributed by atoms with E-state index in [2.05, 4.69) is 20.1 Å². The average molecular weight is 261 g/mol. The minimum atomic E-state index is 0.191. The van der Waals surface area contributed by atoms with Crippen molar-refractivity contribution < 1.29 is 4.74 Å². The van der Waals surface area contributed by atoms with Gasteiger partial charge in [-0.05, 0) is 12.5 Å². The molecule has 1 fully saturated rings. The van der Waals surface area contributed by atoms with E-state index in [9.17, 15) is 0 Å². The van der Waals surface area contributed by atoms with Gasteiger partial charge in [0.05, 0.1) is 6.10 Å². The molecule has 3 heterocycles. The number of aromatic nitrogens is 5. The Kier molecular flexibility index (Phi) is 3.00. The molecule has 1 atom stereocenters. The number of ether oxygens (including phenoxy) is 1. The van der Waals surface area contributed by atoms with Crippen LogP contribution in [0.1, 0.15) is 6.42 Å². The standard InChI is InChI=1S/C11H15N7O/c1-19-8-3-6-17(7-8)10-14-9(12)15-11(16-10)18-5-2-4-13-18/h2,4-5,8H,3,6-7H2,1H3,(H2,12,14,15,16). The fourth-order valence-electron chi connectivity index (χ4n) is 2.10. The van der Waals surface area contributed by atoms with E-state index in [1.165, 1.54) is 0 Å². The molecule has 0 radical (unpaired) electrons. The summed E-state index contributed by atoms with van der Waals surface area (Å²) in [6, 6.07) is 1.80. The van der Waals surface area contributed by atoms with E-state index < -0.39 is 0 Å². The zero-order valence-electron chi connectivity index (χ0n) is 10.6. The van der Waals surface area contributed by atoms with Gasteiger partial charge in [-0.15, -0.1) is 0 Å². The van der Waals surface area contributed by atoms with E-state index in [-0.39, 0.29) is 12.1 Å². The second-order valence-corrected chi connectivity index (χ2v) is 4.34. The van der Waals surface area contributed by atoms with E-state index >= 15 is 0 Å². The number of methoxy groups -OCH3 is 1. The van der Waals surface area contributed by atoms with Crippen molar-refractivity contribution in [2.24, 2.45) is 0 Å². The van der Waals surface area contributed by atoms with Crippen molar-refractivity contribution in [2.75, 3.05) is 30.8 Å². The number of rotatable bonds is 3. The molecule has 1 aliphatic heterocycles. The van der Waals surface area contributed by atoms with Gasteiger partial charge < -0.3 is 15.4 Å². The van der Waals surface area contributed by atoms with Crippen molar-refractivity contribution >= 4 is 11.9 Å². The van der Waals surface area contributed by atoms with Crippen molar-refractivity contribution in [3.63, 3.8) is 0 Å². The third-order valence-electron chi connectivity index (χ3n) is 3.10. The van der Waals surface area contributed by atoms with Gasteiger partial charge in [0.25, 0.3) is 5.95 Å². The van der Waals surface area contributed by atoms with Gasteiger partial charge in [0.1, 0.15) is 0 Å². The largest absolute Gasteiger partial charge is 0.380 e. The molecule has 1 saturated heterocycles. The summed E-state index contributed by atoms with van der Waals surface area (Å²) < 4.78 is 6.89. The normalized spacial score (nSPS) is 19.0. The Labute approximate surface area is 110 Å². The molecule has 0 saturated carbocycles. The Morgan fingerprint density at radius 3 is 2.84 bits per heavy atom. The zero-order chi connectivity index (χ0) is 13.2. The van der Waals surface area contributed by atoms with Gasteiger partial charge >= 0.3 is 0 Å². The lowest BCUT2D eigenvalue weighted by Gasteiger charge is -2.16. The highest BCUT2D eigenvalue weighted by Crippen LogP contribution is 2.19. The van der Waals surface area contributed by atoms with Crippen LogP contribution in [-0.2, 0) is 4.74 Å². The third kappa shape index (κ3) is 2.34. The molecule has 1 aliphatic rings. The van der Waals surface area contributed by atoms with Crippen LogP contribution in [-0.4, -0.2) is 51.0 Å². The SMILES string of the molecule is COC1CCN(c2nc(N)nc(-n3cccn3)n2)C1. The Hall–Kier alpha value is -2.22. The van der Waals surface area contributed by atoms with E-state index in [0.717, 1.165) is 19.5 Å². The maximum absolute atomic E-state index is 5.74. The van der Waals surface area contributed by atoms with E-state index in [1.807, 2.05) is 4.90 Å².